The van der Waals surface area contributed by atoms with E-state index < -0.39 is 0 Å². The first-order valence-corrected chi connectivity index (χ1v) is 7.73. The van der Waals surface area contributed by atoms with E-state index in [2.05, 4.69) is 22.9 Å². The Morgan fingerprint density at radius 3 is 2.72 bits per heavy atom. The van der Waals surface area contributed by atoms with E-state index in [4.69, 9.17) is 0 Å². The molecule has 2 rings (SSSR count). The minimum Gasteiger partial charge on any atom is -0.294 e. The first-order chi connectivity index (χ1) is 8.63. The number of carbonyl (C=O) groups excluding carboxylic acids is 1. The van der Waals surface area contributed by atoms with Crippen molar-refractivity contribution in [3.05, 3.63) is 33.8 Å². The number of aryl methyl sites for hydroxylation is 1. The normalized spacial score (nSPS) is 23.9. The van der Waals surface area contributed by atoms with Crippen molar-refractivity contribution in [3.63, 3.8) is 0 Å². The van der Waals surface area contributed by atoms with Gasteiger partial charge in [-0.15, -0.1) is 0 Å². The average molecular weight is 309 g/mol. The summed E-state index contributed by atoms with van der Waals surface area (Å²) in [5.74, 6) is 1.21. The zero-order valence-electron chi connectivity index (χ0n) is 11.2. The third kappa shape index (κ3) is 2.85. The van der Waals surface area contributed by atoms with Crippen molar-refractivity contribution >= 4 is 21.7 Å². The zero-order chi connectivity index (χ0) is 13.1. The molecule has 1 aliphatic rings. The Balaban J connectivity index is 2.24. The molecule has 1 aromatic carbocycles. The lowest BCUT2D eigenvalue weighted by Crippen LogP contribution is -2.27. The summed E-state index contributed by atoms with van der Waals surface area (Å²) in [7, 11) is 0. The Morgan fingerprint density at radius 1 is 1.33 bits per heavy atom. The minimum absolute atomic E-state index is 0.253. The van der Waals surface area contributed by atoms with Crippen LogP contribution in [0.5, 0.6) is 0 Å². The minimum atomic E-state index is 0.253. The molecule has 0 aliphatic heterocycles. The van der Waals surface area contributed by atoms with Crippen LogP contribution < -0.4 is 0 Å². The number of benzene rings is 1. The largest absolute Gasteiger partial charge is 0.294 e. The van der Waals surface area contributed by atoms with E-state index in [1.165, 1.54) is 19.3 Å². The molecule has 0 radical (unpaired) electrons. The summed E-state index contributed by atoms with van der Waals surface area (Å²) in [6.07, 6.45) is 5.94. The second-order valence-electron chi connectivity index (χ2n) is 5.38. The number of rotatable bonds is 3. The number of ketones is 1. The van der Waals surface area contributed by atoms with E-state index in [0.717, 1.165) is 28.4 Å². The Morgan fingerprint density at radius 2 is 2.06 bits per heavy atom. The molecule has 1 saturated carbocycles. The monoisotopic (exact) mass is 308 g/mol. The van der Waals surface area contributed by atoms with Gasteiger partial charge in [-0.1, -0.05) is 48.2 Å². The lowest BCUT2D eigenvalue weighted by molar-refractivity contribution is 0.0819. The first kappa shape index (κ1) is 13.8. The molecule has 1 aromatic rings. The van der Waals surface area contributed by atoms with Crippen molar-refractivity contribution in [3.8, 4) is 0 Å². The van der Waals surface area contributed by atoms with Crippen LogP contribution in [0.2, 0.25) is 0 Å². The molecule has 1 aliphatic carbocycles. The fraction of sp³-hybridized carbons (Fsp3) is 0.562. The van der Waals surface area contributed by atoms with Crippen molar-refractivity contribution in [2.24, 2.45) is 11.8 Å². The first-order valence-electron chi connectivity index (χ1n) is 6.94. The number of hydrogen-bond acceptors (Lipinski definition) is 1. The van der Waals surface area contributed by atoms with Gasteiger partial charge >= 0.3 is 0 Å². The van der Waals surface area contributed by atoms with Gasteiger partial charge in [0.15, 0.2) is 5.78 Å². The number of carbonyl (C=O) groups is 1. The molecule has 2 atom stereocenters. The van der Waals surface area contributed by atoms with Crippen LogP contribution in [0, 0.1) is 18.8 Å². The van der Waals surface area contributed by atoms with Crippen LogP contribution in [0.15, 0.2) is 22.7 Å². The Hall–Kier alpha value is -0.630. The van der Waals surface area contributed by atoms with Crippen molar-refractivity contribution < 1.29 is 4.79 Å². The second-order valence-corrected chi connectivity index (χ2v) is 6.30. The summed E-state index contributed by atoms with van der Waals surface area (Å²) in [5.41, 5.74) is 2.01. The molecule has 1 fully saturated rings. The average Bonchev–Trinajstić information content (AvgIpc) is 2.38. The maximum atomic E-state index is 12.7. The SMILES string of the molecule is CCC1CCCCC1C(=O)c1ccc(Br)cc1C. The molecular weight excluding hydrogens is 288 g/mol. The lowest BCUT2D eigenvalue weighted by Gasteiger charge is -2.30. The lowest BCUT2D eigenvalue weighted by atomic mass is 9.74. The Bertz CT molecular complexity index is 439. The maximum Gasteiger partial charge on any atom is 0.166 e. The maximum absolute atomic E-state index is 12.7. The van der Waals surface area contributed by atoms with Gasteiger partial charge in [-0.25, -0.2) is 0 Å². The van der Waals surface area contributed by atoms with Gasteiger partial charge < -0.3 is 0 Å². The number of hydrogen-bond donors (Lipinski definition) is 0. The quantitative estimate of drug-likeness (QED) is 0.705. The Kier molecular flexibility index (Phi) is 4.60. The van der Waals surface area contributed by atoms with E-state index >= 15 is 0 Å². The molecule has 0 saturated heterocycles. The summed E-state index contributed by atoms with van der Waals surface area (Å²) in [6.45, 7) is 4.24. The van der Waals surface area contributed by atoms with E-state index in [1.807, 2.05) is 25.1 Å². The highest BCUT2D eigenvalue weighted by molar-refractivity contribution is 9.10. The molecule has 0 spiro atoms. The standard InChI is InChI=1S/C16H21BrO/c1-3-12-6-4-5-7-15(12)16(18)14-9-8-13(17)10-11(14)2/h8-10,12,15H,3-7H2,1-2H3. The van der Waals surface area contributed by atoms with Crippen molar-refractivity contribution in [1.82, 2.24) is 0 Å². The van der Waals surface area contributed by atoms with Gasteiger partial charge in [0, 0.05) is 16.0 Å². The molecule has 0 bridgehead atoms. The summed E-state index contributed by atoms with van der Waals surface area (Å²) < 4.78 is 1.05. The molecular formula is C16H21BrO. The van der Waals surface area contributed by atoms with E-state index in [9.17, 15) is 4.79 Å². The molecule has 18 heavy (non-hydrogen) atoms. The third-order valence-electron chi connectivity index (χ3n) is 4.22. The van der Waals surface area contributed by atoms with E-state index in [1.54, 1.807) is 0 Å². The van der Waals surface area contributed by atoms with Gasteiger partial charge in [0.1, 0.15) is 0 Å². The summed E-state index contributed by atoms with van der Waals surface area (Å²) in [5, 5.41) is 0. The van der Waals surface area contributed by atoms with Crippen LogP contribution >= 0.6 is 15.9 Å². The highest BCUT2D eigenvalue weighted by Gasteiger charge is 2.30. The fourth-order valence-corrected chi connectivity index (χ4v) is 3.62. The predicted octanol–water partition coefficient (Wildman–Crippen LogP) is 5.16. The topological polar surface area (TPSA) is 17.1 Å². The molecule has 0 amide bonds. The van der Waals surface area contributed by atoms with Crippen molar-refractivity contribution in [2.45, 2.75) is 46.0 Å². The van der Waals surface area contributed by atoms with Crippen LogP contribution in [-0.2, 0) is 0 Å². The summed E-state index contributed by atoms with van der Waals surface area (Å²) in [4.78, 5) is 12.7. The molecule has 0 aromatic heterocycles. The van der Waals surface area contributed by atoms with Crippen molar-refractivity contribution in [2.75, 3.05) is 0 Å². The van der Waals surface area contributed by atoms with Gasteiger partial charge in [-0.3, -0.25) is 4.79 Å². The van der Waals surface area contributed by atoms with Gasteiger partial charge in [-0.2, -0.15) is 0 Å². The molecule has 2 unspecified atom stereocenters. The van der Waals surface area contributed by atoms with Gasteiger partial charge in [0.25, 0.3) is 0 Å². The van der Waals surface area contributed by atoms with Crippen LogP contribution in [0.4, 0.5) is 0 Å². The van der Waals surface area contributed by atoms with Crippen LogP contribution in [0.25, 0.3) is 0 Å². The molecule has 0 N–H and O–H groups in total. The summed E-state index contributed by atoms with van der Waals surface area (Å²) in [6, 6.07) is 5.99. The smallest absolute Gasteiger partial charge is 0.166 e. The number of halogens is 1. The van der Waals surface area contributed by atoms with E-state index in [0.29, 0.717) is 11.7 Å². The molecule has 1 nitrogen and oxygen atoms in total. The fourth-order valence-electron chi connectivity index (χ4n) is 3.14. The van der Waals surface area contributed by atoms with Crippen LogP contribution in [-0.4, -0.2) is 5.78 Å². The Labute approximate surface area is 118 Å². The molecule has 0 heterocycles. The van der Waals surface area contributed by atoms with Gasteiger partial charge in [0.2, 0.25) is 0 Å². The summed E-state index contributed by atoms with van der Waals surface area (Å²) >= 11 is 3.46. The molecule has 98 valence electrons. The van der Waals surface area contributed by atoms with Gasteiger partial charge in [0.05, 0.1) is 0 Å². The highest BCUT2D eigenvalue weighted by Crippen LogP contribution is 2.35. The van der Waals surface area contributed by atoms with E-state index in [-0.39, 0.29) is 5.92 Å². The third-order valence-corrected chi connectivity index (χ3v) is 4.72. The highest BCUT2D eigenvalue weighted by atomic mass is 79.9. The van der Waals surface area contributed by atoms with Gasteiger partial charge in [-0.05, 0) is 43.4 Å². The van der Waals surface area contributed by atoms with Crippen LogP contribution in [0.1, 0.15) is 54.9 Å². The predicted molar refractivity (Wildman–Crippen MR) is 78.9 cm³/mol. The van der Waals surface area contributed by atoms with Crippen molar-refractivity contribution in [1.29, 1.82) is 0 Å². The molecule has 2 heteroatoms. The second kappa shape index (κ2) is 6.01. The zero-order valence-corrected chi connectivity index (χ0v) is 12.8. The van der Waals surface area contributed by atoms with Crippen LogP contribution in [0.3, 0.4) is 0 Å². The number of Topliss-reactive ketones (excluding diaryl/α,β-unsaturated/α-hetero) is 1.